The fourth-order valence-electron chi connectivity index (χ4n) is 2.43. The highest BCUT2D eigenvalue weighted by molar-refractivity contribution is 6.30. The van der Waals surface area contributed by atoms with Crippen LogP contribution in [0.5, 0.6) is 0 Å². The molecule has 1 rings (SSSR count). The average molecular weight is 297 g/mol. The molecule has 0 aliphatic carbocycles. The van der Waals surface area contributed by atoms with Crippen LogP contribution in [0.1, 0.15) is 37.6 Å². The van der Waals surface area contributed by atoms with Gasteiger partial charge >= 0.3 is 5.97 Å². The van der Waals surface area contributed by atoms with Crippen LogP contribution in [0.25, 0.3) is 0 Å². The Labute approximate surface area is 122 Å². The molecule has 2 unspecified atom stereocenters. The van der Waals surface area contributed by atoms with Gasteiger partial charge in [0, 0.05) is 16.5 Å². The van der Waals surface area contributed by atoms with Crippen molar-refractivity contribution in [1.29, 1.82) is 0 Å². The zero-order valence-corrected chi connectivity index (χ0v) is 12.4. The summed E-state index contributed by atoms with van der Waals surface area (Å²) < 4.78 is 0. The number of rotatable bonds is 6. The molecule has 1 aromatic rings. The lowest BCUT2D eigenvalue weighted by Crippen LogP contribution is -2.46. The lowest BCUT2D eigenvalue weighted by atomic mass is 9.68. The molecule has 0 bridgehead atoms. The van der Waals surface area contributed by atoms with Gasteiger partial charge in [0.2, 0.25) is 0 Å². The Bertz CT molecular complexity index is 519. The standard InChI is InChI=1S/C15H17ClO4/c1-4-15(10(3)17,14(19)20)9(2)13(18)11-5-7-12(16)8-6-11/h5-9H,4H2,1-3H3,(H,19,20). The minimum Gasteiger partial charge on any atom is -0.480 e. The van der Waals surface area contributed by atoms with Crippen molar-refractivity contribution >= 4 is 29.1 Å². The minimum atomic E-state index is -1.68. The van der Waals surface area contributed by atoms with Crippen LogP contribution in [0.15, 0.2) is 24.3 Å². The lowest BCUT2D eigenvalue weighted by molar-refractivity contribution is -0.157. The maximum absolute atomic E-state index is 12.4. The second-order valence-electron chi connectivity index (χ2n) is 4.78. The lowest BCUT2D eigenvalue weighted by Gasteiger charge is -2.30. The second kappa shape index (κ2) is 6.18. The van der Waals surface area contributed by atoms with Gasteiger partial charge in [0.05, 0.1) is 0 Å². The van der Waals surface area contributed by atoms with Crippen LogP contribution in [0.4, 0.5) is 0 Å². The largest absolute Gasteiger partial charge is 0.480 e. The molecule has 0 heterocycles. The quantitative estimate of drug-likeness (QED) is 0.646. The van der Waals surface area contributed by atoms with Gasteiger partial charge < -0.3 is 5.11 Å². The number of carbonyl (C=O) groups excluding carboxylic acids is 2. The maximum Gasteiger partial charge on any atom is 0.317 e. The van der Waals surface area contributed by atoms with Gasteiger partial charge in [-0.1, -0.05) is 25.4 Å². The van der Waals surface area contributed by atoms with E-state index in [4.69, 9.17) is 11.6 Å². The molecule has 0 radical (unpaired) electrons. The number of Topliss-reactive ketones (excluding diaryl/α,β-unsaturated/α-hetero) is 2. The number of ketones is 2. The van der Waals surface area contributed by atoms with E-state index in [2.05, 4.69) is 0 Å². The summed E-state index contributed by atoms with van der Waals surface area (Å²) in [4.78, 5) is 35.8. The molecule has 5 heteroatoms. The molecule has 2 atom stereocenters. The molecular weight excluding hydrogens is 280 g/mol. The molecule has 108 valence electrons. The van der Waals surface area contributed by atoms with E-state index in [-0.39, 0.29) is 12.2 Å². The van der Waals surface area contributed by atoms with Gasteiger partial charge in [-0.2, -0.15) is 0 Å². The van der Waals surface area contributed by atoms with E-state index in [1.807, 2.05) is 0 Å². The summed E-state index contributed by atoms with van der Waals surface area (Å²) in [6.45, 7) is 4.29. The van der Waals surface area contributed by atoms with Crippen LogP contribution < -0.4 is 0 Å². The first-order valence-electron chi connectivity index (χ1n) is 6.31. The molecule has 0 amide bonds. The van der Waals surface area contributed by atoms with E-state index in [1.54, 1.807) is 19.1 Å². The van der Waals surface area contributed by atoms with Crippen LogP contribution in [-0.4, -0.2) is 22.6 Å². The third-order valence-corrected chi connectivity index (χ3v) is 4.08. The van der Waals surface area contributed by atoms with Crippen LogP contribution in [0, 0.1) is 11.3 Å². The van der Waals surface area contributed by atoms with E-state index in [1.165, 1.54) is 26.0 Å². The van der Waals surface area contributed by atoms with Crippen molar-refractivity contribution in [3.63, 3.8) is 0 Å². The Hall–Kier alpha value is -1.68. The third kappa shape index (κ3) is 2.75. The molecule has 1 N–H and O–H groups in total. The zero-order valence-electron chi connectivity index (χ0n) is 11.6. The van der Waals surface area contributed by atoms with E-state index in [0.29, 0.717) is 10.6 Å². The van der Waals surface area contributed by atoms with Crippen molar-refractivity contribution in [3.05, 3.63) is 34.9 Å². The van der Waals surface area contributed by atoms with Crippen molar-refractivity contribution < 1.29 is 19.5 Å². The number of carboxylic acids is 1. The van der Waals surface area contributed by atoms with Crippen LogP contribution in [-0.2, 0) is 9.59 Å². The molecule has 0 aliphatic rings. The van der Waals surface area contributed by atoms with Crippen LogP contribution >= 0.6 is 11.6 Å². The first-order valence-corrected chi connectivity index (χ1v) is 6.69. The van der Waals surface area contributed by atoms with Crippen molar-refractivity contribution in [2.24, 2.45) is 11.3 Å². The second-order valence-corrected chi connectivity index (χ2v) is 5.22. The van der Waals surface area contributed by atoms with Gasteiger partial charge in [-0.05, 0) is 37.6 Å². The number of hydrogen-bond donors (Lipinski definition) is 1. The molecule has 1 aromatic carbocycles. The highest BCUT2D eigenvalue weighted by atomic mass is 35.5. The molecule has 4 nitrogen and oxygen atoms in total. The highest BCUT2D eigenvalue weighted by Crippen LogP contribution is 2.35. The van der Waals surface area contributed by atoms with Crippen molar-refractivity contribution in [2.45, 2.75) is 27.2 Å². The van der Waals surface area contributed by atoms with E-state index in [9.17, 15) is 19.5 Å². The number of benzene rings is 1. The first-order chi connectivity index (χ1) is 9.27. The summed E-state index contributed by atoms with van der Waals surface area (Å²) >= 11 is 5.75. The monoisotopic (exact) mass is 296 g/mol. The van der Waals surface area contributed by atoms with Crippen LogP contribution in [0.3, 0.4) is 0 Å². The topological polar surface area (TPSA) is 71.4 Å². The zero-order chi connectivity index (χ0) is 15.5. The predicted molar refractivity (Wildman–Crippen MR) is 76.0 cm³/mol. The summed E-state index contributed by atoms with van der Waals surface area (Å²) in [5.74, 6) is -3.09. The number of carbonyl (C=O) groups is 3. The first kappa shape index (κ1) is 16.4. The summed E-state index contributed by atoms with van der Waals surface area (Å²) in [6.07, 6.45) is 0.0676. The molecule has 0 aromatic heterocycles. The summed E-state index contributed by atoms with van der Waals surface area (Å²) in [5, 5.41) is 9.90. The molecule has 0 saturated carbocycles. The van der Waals surface area contributed by atoms with Crippen molar-refractivity contribution in [1.82, 2.24) is 0 Å². The maximum atomic E-state index is 12.4. The molecule has 0 saturated heterocycles. The summed E-state index contributed by atoms with van der Waals surface area (Å²) in [6, 6.07) is 6.18. The molecule has 0 spiro atoms. The number of aliphatic carboxylic acids is 1. The van der Waals surface area contributed by atoms with E-state index < -0.39 is 23.1 Å². The Morgan fingerprint density at radius 1 is 1.25 bits per heavy atom. The SMILES string of the molecule is CCC(C(C)=O)(C(=O)O)C(C)C(=O)c1ccc(Cl)cc1. The van der Waals surface area contributed by atoms with E-state index in [0.717, 1.165) is 0 Å². The average Bonchev–Trinajstić information content (AvgIpc) is 2.39. The smallest absolute Gasteiger partial charge is 0.317 e. The molecule has 20 heavy (non-hydrogen) atoms. The molecule has 0 aliphatic heterocycles. The normalized spacial score (nSPS) is 15.2. The summed E-state index contributed by atoms with van der Waals surface area (Å²) in [7, 11) is 0. The third-order valence-electron chi connectivity index (χ3n) is 3.83. The van der Waals surface area contributed by atoms with Gasteiger partial charge in [0.25, 0.3) is 0 Å². The molecule has 0 fully saturated rings. The van der Waals surface area contributed by atoms with Crippen LogP contribution in [0.2, 0.25) is 5.02 Å². The molecular formula is C15H17ClO4. The van der Waals surface area contributed by atoms with E-state index >= 15 is 0 Å². The van der Waals surface area contributed by atoms with Gasteiger partial charge in [-0.15, -0.1) is 0 Å². The fraction of sp³-hybridized carbons (Fsp3) is 0.400. The van der Waals surface area contributed by atoms with Gasteiger partial charge in [-0.25, -0.2) is 0 Å². The van der Waals surface area contributed by atoms with Gasteiger partial charge in [0.15, 0.2) is 5.78 Å². The van der Waals surface area contributed by atoms with Crippen molar-refractivity contribution in [3.8, 4) is 0 Å². The number of halogens is 1. The predicted octanol–water partition coefficient (Wildman–Crippen LogP) is 3.23. The van der Waals surface area contributed by atoms with Crippen molar-refractivity contribution in [2.75, 3.05) is 0 Å². The van der Waals surface area contributed by atoms with Gasteiger partial charge in [-0.3, -0.25) is 14.4 Å². The summed E-state index contributed by atoms with van der Waals surface area (Å²) in [5.41, 5.74) is -1.33. The Morgan fingerprint density at radius 2 is 1.75 bits per heavy atom. The number of carboxylic acid groups (broad SMARTS) is 1. The van der Waals surface area contributed by atoms with Gasteiger partial charge in [0.1, 0.15) is 11.2 Å². The Balaban J connectivity index is 3.22. The number of hydrogen-bond acceptors (Lipinski definition) is 3. The minimum absolute atomic E-state index is 0.0676. The Kier molecular flexibility index (Phi) is 5.06. The fourth-order valence-corrected chi connectivity index (χ4v) is 2.56. The Morgan fingerprint density at radius 3 is 2.10 bits per heavy atom. The highest BCUT2D eigenvalue weighted by Gasteiger charge is 2.49.